The highest BCUT2D eigenvalue weighted by molar-refractivity contribution is 5.24. The summed E-state index contributed by atoms with van der Waals surface area (Å²) in [5.41, 5.74) is 2.89. The quantitative estimate of drug-likeness (QED) is 0.796. The van der Waals surface area contributed by atoms with Gasteiger partial charge >= 0.3 is 0 Å². The lowest BCUT2D eigenvalue weighted by Gasteiger charge is -2.29. The molecule has 1 aliphatic rings. The molecule has 2 nitrogen and oxygen atoms in total. The molecular formula is C16H25NO. The maximum atomic E-state index is 5.51. The standard InChI is InChI=1S/C16H25NO/c1-12-11-18-6-5-14(12)7-13-8-15(10-17-9-13)16(2,3)4/h8-10,12,14H,5-7,11H2,1-4H3/t12-,14?/m0/s1. The summed E-state index contributed by atoms with van der Waals surface area (Å²) in [7, 11) is 0. The van der Waals surface area contributed by atoms with Crippen molar-refractivity contribution in [3.8, 4) is 0 Å². The number of pyridine rings is 1. The zero-order valence-corrected chi connectivity index (χ0v) is 12.1. The summed E-state index contributed by atoms with van der Waals surface area (Å²) < 4.78 is 5.51. The van der Waals surface area contributed by atoms with E-state index in [1.165, 1.54) is 17.5 Å². The van der Waals surface area contributed by atoms with Crippen molar-refractivity contribution in [3.05, 3.63) is 29.6 Å². The average molecular weight is 247 g/mol. The van der Waals surface area contributed by atoms with Gasteiger partial charge in [0.2, 0.25) is 0 Å². The molecule has 0 spiro atoms. The summed E-state index contributed by atoms with van der Waals surface area (Å²) in [6.07, 6.45) is 6.34. The van der Waals surface area contributed by atoms with Gasteiger partial charge in [-0.1, -0.05) is 33.8 Å². The Bertz CT molecular complexity index is 394. The third-order valence-electron chi connectivity index (χ3n) is 3.98. The van der Waals surface area contributed by atoms with Gasteiger partial charge < -0.3 is 4.74 Å². The number of hydrogen-bond donors (Lipinski definition) is 0. The normalized spacial score (nSPS) is 25.1. The Hall–Kier alpha value is -0.890. The molecule has 18 heavy (non-hydrogen) atoms. The van der Waals surface area contributed by atoms with Gasteiger partial charge in [0, 0.05) is 25.6 Å². The maximum absolute atomic E-state index is 5.51. The Kier molecular flexibility index (Phi) is 4.06. The smallest absolute Gasteiger partial charge is 0.0494 e. The molecule has 0 aliphatic carbocycles. The first-order valence-corrected chi connectivity index (χ1v) is 6.99. The molecule has 1 aliphatic heterocycles. The first-order valence-electron chi connectivity index (χ1n) is 6.99. The summed E-state index contributed by atoms with van der Waals surface area (Å²) in [4.78, 5) is 4.41. The van der Waals surface area contributed by atoms with E-state index in [4.69, 9.17) is 4.74 Å². The number of aromatic nitrogens is 1. The van der Waals surface area contributed by atoms with Crippen LogP contribution in [0.4, 0.5) is 0 Å². The molecule has 100 valence electrons. The summed E-state index contributed by atoms with van der Waals surface area (Å²) in [6.45, 7) is 10.9. The first-order chi connectivity index (χ1) is 8.47. The molecule has 1 aromatic rings. The molecule has 2 rings (SSSR count). The van der Waals surface area contributed by atoms with E-state index in [9.17, 15) is 0 Å². The summed E-state index contributed by atoms with van der Waals surface area (Å²) in [6, 6.07) is 2.33. The second kappa shape index (κ2) is 5.40. The molecule has 1 aromatic heterocycles. The van der Waals surface area contributed by atoms with Crippen molar-refractivity contribution in [2.75, 3.05) is 13.2 Å². The van der Waals surface area contributed by atoms with Crippen LogP contribution in [0.15, 0.2) is 18.5 Å². The summed E-state index contributed by atoms with van der Waals surface area (Å²) >= 11 is 0. The molecule has 1 fully saturated rings. The predicted octanol–water partition coefficient (Wildman–Crippen LogP) is 3.59. The highest BCUT2D eigenvalue weighted by Gasteiger charge is 2.23. The van der Waals surface area contributed by atoms with Crippen LogP contribution in [0.25, 0.3) is 0 Å². The topological polar surface area (TPSA) is 22.1 Å². The average Bonchev–Trinajstić information content (AvgIpc) is 2.31. The van der Waals surface area contributed by atoms with E-state index in [0.717, 1.165) is 25.6 Å². The maximum Gasteiger partial charge on any atom is 0.0494 e. The number of nitrogens with zero attached hydrogens (tertiary/aromatic N) is 1. The minimum atomic E-state index is 0.185. The second-order valence-corrected chi connectivity index (χ2v) is 6.64. The number of hydrogen-bond acceptors (Lipinski definition) is 2. The van der Waals surface area contributed by atoms with E-state index in [1.54, 1.807) is 0 Å². The first kappa shape index (κ1) is 13.5. The highest BCUT2D eigenvalue weighted by atomic mass is 16.5. The molecule has 2 heterocycles. The molecule has 0 aromatic carbocycles. The Morgan fingerprint density at radius 3 is 2.78 bits per heavy atom. The van der Waals surface area contributed by atoms with E-state index in [-0.39, 0.29) is 5.41 Å². The number of rotatable bonds is 2. The van der Waals surface area contributed by atoms with Gasteiger partial charge in [0.05, 0.1) is 0 Å². The zero-order chi connectivity index (χ0) is 13.2. The van der Waals surface area contributed by atoms with Gasteiger partial charge in [-0.3, -0.25) is 4.98 Å². The number of ether oxygens (including phenoxy) is 1. The van der Waals surface area contributed by atoms with E-state index in [0.29, 0.717) is 5.92 Å². The van der Waals surface area contributed by atoms with Crippen LogP contribution in [-0.2, 0) is 16.6 Å². The fourth-order valence-electron chi connectivity index (χ4n) is 2.54. The Morgan fingerprint density at radius 1 is 1.33 bits per heavy atom. The lowest BCUT2D eigenvalue weighted by molar-refractivity contribution is 0.0244. The van der Waals surface area contributed by atoms with Gasteiger partial charge in [-0.2, -0.15) is 0 Å². The molecule has 0 radical (unpaired) electrons. The van der Waals surface area contributed by atoms with Crippen LogP contribution < -0.4 is 0 Å². The third kappa shape index (κ3) is 3.32. The molecule has 2 atom stereocenters. The third-order valence-corrected chi connectivity index (χ3v) is 3.98. The lowest BCUT2D eigenvalue weighted by Crippen LogP contribution is -2.27. The molecule has 1 unspecified atom stereocenters. The highest BCUT2D eigenvalue weighted by Crippen LogP contribution is 2.27. The van der Waals surface area contributed by atoms with E-state index in [1.807, 2.05) is 12.4 Å². The fraction of sp³-hybridized carbons (Fsp3) is 0.688. The van der Waals surface area contributed by atoms with Crippen LogP contribution in [0.5, 0.6) is 0 Å². The molecule has 0 saturated carbocycles. The van der Waals surface area contributed by atoms with Gasteiger partial charge in [0.1, 0.15) is 0 Å². The fourth-order valence-corrected chi connectivity index (χ4v) is 2.54. The second-order valence-electron chi connectivity index (χ2n) is 6.64. The zero-order valence-electron chi connectivity index (χ0n) is 12.1. The van der Waals surface area contributed by atoms with Crippen LogP contribution in [0.1, 0.15) is 45.2 Å². The van der Waals surface area contributed by atoms with Crippen molar-refractivity contribution in [1.82, 2.24) is 4.98 Å². The monoisotopic (exact) mass is 247 g/mol. The van der Waals surface area contributed by atoms with Crippen molar-refractivity contribution >= 4 is 0 Å². The molecule has 1 saturated heterocycles. The van der Waals surface area contributed by atoms with Crippen LogP contribution in [-0.4, -0.2) is 18.2 Å². The molecular weight excluding hydrogens is 222 g/mol. The SMILES string of the molecule is C[C@H]1COCCC1Cc1cncc(C(C)(C)C)c1. The summed E-state index contributed by atoms with van der Waals surface area (Å²) in [5, 5.41) is 0. The van der Waals surface area contributed by atoms with Crippen molar-refractivity contribution in [2.24, 2.45) is 11.8 Å². The van der Waals surface area contributed by atoms with Crippen LogP contribution >= 0.6 is 0 Å². The predicted molar refractivity (Wildman–Crippen MR) is 74.7 cm³/mol. The van der Waals surface area contributed by atoms with E-state index in [2.05, 4.69) is 38.7 Å². The Balaban J connectivity index is 2.09. The van der Waals surface area contributed by atoms with Gasteiger partial charge in [0.25, 0.3) is 0 Å². The largest absolute Gasteiger partial charge is 0.381 e. The van der Waals surface area contributed by atoms with Gasteiger partial charge in [-0.25, -0.2) is 0 Å². The minimum Gasteiger partial charge on any atom is -0.381 e. The molecule has 0 bridgehead atoms. The molecule has 2 heteroatoms. The molecule has 0 amide bonds. The van der Waals surface area contributed by atoms with E-state index >= 15 is 0 Å². The van der Waals surface area contributed by atoms with Crippen molar-refractivity contribution in [1.29, 1.82) is 0 Å². The minimum absolute atomic E-state index is 0.185. The Morgan fingerprint density at radius 2 is 2.11 bits per heavy atom. The van der Waals surface area contributed by atoms with Crippen LogP contribution in [0.2, 0.25) is 0 Å². The molecule has 0 N–H and O–H groups in total. The van der Waals surface area contributed by atoms with Crippen molar-refractivity contribution < 1.29 is 4.74 Å². The van der Waals surface area contributed by atoms with Crippen molar-refractivity contribution in [2.45, 2.75) is 46.0 Å². The van der Waals surface area contributed by atoms with Crippen molar-refractivity contribution in [3.63, 3.8) is 0 Å². The summed E-state index contributed by atoms with van der Waals surface area (Å²) in [5.74, 6) is 1.41. The van der Waals surface area contributed by atoms with Gasteiger partial charge in [0.15, 0.2) is 0 Å². The van der Waals surface area contributed by atoms with Crippen LogP contribution in [0.3, 0.4) is 0 Å². The lowest BCUT2D eigenvalue weighted by atomic mass is 9.83. The van der Waals surface area contributed by atoms with Crippen LogP contribution in [0, 0.1) is 11.8 Å². The van der Waals surface area contributed by atoms with Gasteiger partial charge in [-0.15, -0.1) is 0 Å². The van der Waals surface area contributed by atoms with Gasteiger partial charge in [-0.05, 0) is 41.2 Å². The van der Waals surface area contributed by atoms with E-state index < -0.39 is 0 Å². The Labute approximate surface area is 111 Å².